The molecule has 0 aliphatic rings. The molecule has 2 aromatic heterocycles. The second-order valence-corrected chi connectivity index (χ2v) is 6.67. The van der Waals surface area contributed by atoms with Crippen molar-refractivity contribution in [3.63, 3.8) is 0 Å². The van der Waals surface area contributed by atoms with E-state index in [2.05, 4.69) is 39.0 Å². The molecule has 0 spiro atoms. The van der Waals surface area contributed by atoms with E-state index in [1.165, 1.54) is 22.1 Å². The van der Waals surface area contributed by atoms with Crippen molar-refractivity contribution in [1.82, 2.24) is 10.2 Å². The first-order valence-electron chi connectivity index (χ1n) is 8.42. The monoisotopic (exact) mass is 385 g/mol. The van der Waals surface area contributed by atoms with Gasteiger partial charge in [-0.15, -0.1) is 17.9 Å². The minimum atomic E-state index is -0.740. The van der Waals surface area contributed by atoms with Gasteiger partial charge in [-0.05, 0) is 35.2 Å². The molecule has 0 aliphatic heterocycles. The van der Waals surface area contributed by atoms with Crippen LogP contribution in [0.5, 0.6) is 0 Å². The minimum absolute atomic E-state index is 0.0102. The lowest BCUT2D eigenvalue weighted by Gasteiger charge is -2.17. The molecule has 0 bridgehead atoms. The van der Waals surface area contributed by atoms with Gasteiger partial charge in [-0.2, -0.15) is 0 Å². The van der Waals surface area contributed by atoms with Crippen LogP contribution in [0, 0.1) is 0 Å². The van der Waals surface area contributed by atoms with Gasteiger partial charge < -0.3 is 9.15 Å². The molecule has 27 heavy (non-hydrogen) atoms. The number of carbonyl (C=O) groups excluding carboxylic acids is 2. The van der Waals surface area contributed by atoms with Crippen LogP contribution < -0.4 is 4.90 Å². The van der Waals surface area contributed by atoms with Crippen molar-refractivity contribution in [2.75, 3.05) is 18.6 Å². The summed E-state index contributed by atoms with van der Waals surface area (Å²) in [6, 6.07) is 8.11. The van der Waals surface area contributed by atoms with Gasteiger partial charge in [0, 0.05) is 17.7 Å². The van der Waals surface area contributed by atoms with Crippen LogP contribution in [0.3, 0.4) is 0 Å². The van der Waals surface area contributed by atoms with Gasteiger partial charge in [-0.3, -0.25) is 9.69 Å². The van der Waals surface area contributed by atoms with E-state index in [-0.39, 0.29) is 24.2 Å². The van der Waals surface area contributed by atoms with E-state index in [4.69, 9.17) is 4.42 Å². The zero-order valence-corrected chi connectivity index (χ0v) is 15.7. The van der Waals surface area contributed by atoms with Gasteiger partial charge in [-0.1, -0.05) is 34.5 Å². The van der Waals surface area contributed by atoms with Crippen LogP contribution in [-0.2, 0) is 16.0 Å². The van der Waals surface area contributed by atoms with Crippen LogP contribution in [0.25, 0.3) is 10.1 Å². The Kier molecular flexibility index (Phi) is 5.97. The van der Waals surface area contributed by atoms with Crippen LogP contribution in [0.2, 0.25) is 0 Å². The van der Waals surface area contributed by atoms with Gasteiger partial charge in [0.25, 0.3) is 0 Å². The predicted octanol–water partition coefficient (Wildman–Crippen LogP) is 3.61. The number of esters is 1. The number of carbonyl (C=O) groups is 2. The van der Waals surface area contributed by atoms with E-state index in [1.807, 2.05) is 12.1 Å². The summed E-state index contributed by atoms with van der Waals surface area (Å²) in [5.74, 6) is -1.19. The van der Waals surface area contributed by atoms with Crippen LogP contribution in [-0.4, -0.2) is 35.7 Å². The summed E-state index contributed by atoms with van der Waals surface area (Å²) in [7, 11) is 1.22. The van der Waals surface area contributed by atoms with Gasteiger partial charge in [0.2, 0.25) is 5.91 Å². The number of aromatic nitrogens is 2. The van der Waals surface area contributed by atoms with Crippen molar-refractivity contribution < 1.29 is 18.7 Å². The van der Waals surface area contributed by atoms with Crippen LogP contribution >= 0.6 is 11.3 Å². The molecule has 0 unspecified atom stereocenters. The Morgan fingerprint density at radius 2 is 2.15 bits per heavy atom. The SMILES string of the molecule is C=CCCC(=O)N(CCc1csc2ccccc12)c1nnc(C(=O)OC)o1. The summed E-state index contributed by atoms with van der Waals surface area (Å²) in [6.07, 6.45) is 3.11. The molecule has 0 fully saturated rings. The van der Waals surface area contributed by atoms with E-state index in [1.54, 1.807) is 17.4 Å². The zero-order chi connectivity index (χ0) is 19.2. The Morgan fingerprint density at radius 1 is 1.33 bits per heavy atom. The highest BCUT2D eigenvalue weighted by atomic mass is 32.1. The topological polar surface area (TPSA) is 85.5 Å². The molecule has 0 atom stereocenters. The van der Waals surface area contributed by atoms with Crippen molar-refractivity contribution in [3.05, 3.63) is 53.8 Å². The molecule has 140 valence electrons. The highest BCUT2D eigenvalue weighted by Crippen LogP contribution is 2.26. The van der Waals surface area contributed by atoms with E-state index < -0.39 is 5.97 Å². The molecule has 8 heteroatoms. The van der Waals surface area contributed by atoms with E-state index in [0.717, 1.165) is 5.56 Å². The minimum Gasteiger partial charge on any atom is -0.462 e. The lowest BCUT2D eigenvalue weighted by molar-refractivity contribution is -0.118. The second-order valence-electron chi connectivity index (χ2n) is 5.76. The Balaban J connectivity index is 1.81. The molecule has 3 aromatic rings. The van der Waals surface area contributed by atoms with Crippen molar-refractivity contribution >= 4 is 39.3 Å². The average molecular weight is 385 g/mol. The Labute approximate surface area is 160 Å². The van der Waals surface area contributed by atoms with Crippen molar-refractivity contribution in [2.45, 2.75) is 19.3 Å². The van der Waals surface area contributed by atoms with Crippen molar-refractivity contribution in [3.8, 4) is 0 Å². The number of anilines is 1. The smallest absolute Gasteiger partial charge is 0.396 e. The van der Waals surface area contributed by atoms with Gasteiger partial charge in [0.1, 0.15) is 0 Å². The maximum Gasteiger partial charge on any atom is 0.396 e. The molecule has 1 amide bonds. The predicted molar refractivity (Wildman–Crippen MR) is 103 cm³/mol. The summed E-state index contributed by atoms with van der Waals surface area (Å²) < 4.78 is 11.1. The highest BCUT2D eigenvalue weighted by Gasteiger charge is 2.24. The number of ether oxygens (including phenoxy) is 1. The molecule has 0 saturated heterocycles. The Morgan fingerprint density at radius 3 is 2.93 bits per heavy atom. The fourth-order valence-corrected chi connectivity index (χ4v) is 3.64. The molecule has 0 radical (unpaired) electrons. The van der Waals surface area contributed by atoms with Gasteiger partial charge in [0.15, 0.2) is 0 Å². The van der Waals surface area contributed by atoms with E-state index in [0.29, 0.717) is 19.4 Å². The molecule has 0 aliphatic carbocycles. The number of rotatable bonds is 8. The second kappa shape index (κ2) is 8.59. The van der Waals surface area contributed by atoms with Gasteiger partial charge in [0.05, 0.1) is 7.11 Å². The van der Waals surface area contributed by atoms with Crippen molar-refractivity contribution in [1.29, 1.82) is 0 Å². The highest BCUT2D eigenvalue weighted by molar-refractivity contribution is 7.17. The number of hydrogen-bond acceptors (Lipinski definition) is 7. The largest absolute Gasteiger partial charge is 0.462 e. The fraction of sp³-hybridized carbons (Fsp3) is 0.263. The molecular weight excluding hydrogens is 366 g/mol. The number of fused-ring (bicyclic) bond motifs is 1. The van der Waals surface area contributed by atoms with Crippen LogP contribution in [0.15, 0.2) is 46.7 Å². The lowest BCUT2D eigenvalue weighted by Crippen LogP contribution is -2.33. The molecule has 2 heterocycles. The molecule has 0 saturated carbocycles. The van der Waals surface area contributed by atoms with E-state index >= 15 is 0 Å². The molecular formula is C19H19N3O4S. The third-order valence-corrected chi connectivity index (χ3v) is 5.05. The first kappa shape index (κ1) is 18.8. The molecule has 1 aromatic carbocycles. The quantitative estimate of drug-likeness (QED) is 0.435. The third-order valence-electron chi connectivity index (χ3n) is 4.03. The summed E-state index contributed by atoms with van der Waals surface area (Å²) in [6.45, 7) is 4.00. The van der Waals surface area contributed by atoms with Crippen molar-refractivity contribution in [2.24, 2.45) is 0 Å². The van der Waals surface area contributed by atoms with E-state index in [9.17, 15) is 9.59 Å². The first-order valence-corrected chi connectivity index (χ1v) is 9.30. The van der Waals surface area contributed by atoms with Crippen LogP contribution in [0.1, 0.15) is 29.1 Å². The first-order chi connectivity index (χ1) is 13.1. The summed E-state index contributed by atoms with van der Waals surface area (Å²) >= 11 is 1.67. The Hall–Kier alpha value is -3.00. The molecule has 0 N–H and O–H groups in total. The summed E-state index contributed by atoms with van der Waals surface area (Å²) in [5.41, 5.74) is 1.14. The summed E-state index contributed by atoms with van der Waals surface area (Å²) in [4.78, 5) is 25.6. The maximum absolute atomic E-state index is 12.6. The van der Waals surface area contributed by atoms with Crippen LogP contribution in [0.4, 0.5) is 6.01 Å². The van der Waals surface area contributed by atoms with Gasteiger partial charge >= 0.3 is 17.9 Å². The maximum atomic E-state index is 12.6. The normalized spacial score (nSPS) is 10.7. The molecule has 3 rings (SSSR count). The fourth-order valence-electron chi connectivity index (χ4n) is 2.64. The zero-order valence-electron chi connectivity index (χ0n) is 14.9. The lowest BCUT2D eigenvalue weighted by atomic mass is 10.1. The number of hydrogen-bond donors (Lipinski definition) is 0. The number of allylic oxidation sites excluding steroid dienone is 1. The average Bonchev–Trinajstić information content (AvgIpc) is 3.33. The number of thiophene rings is 1. The number of amides is 1. The summed E-state index contributed by atoms with van der Waals surface area (Å²) in [5, 5.41) is 10.8. The Bertz CT molecular complexity index is 963. The number of benzene rings is 1. The number of methoxy groups -OCH3 is 1. The third kappa shape index (κ3) is 4.22. The standard InChI is InChI=1S/C19H19N3O4S/c1-3-4-9-16(23)22(19-21-20-17(26-19)18(24)25-2)11-10-13-12-27-15-8-6-5-7-14(13)15/h3,5-8,12H,1,4,9-11H2,2H3. The van der Waals surface area contributed by atoms with Gasteiger partial charge in [-0.25, -0.2) is 4.79 Å². The molecule has 7 nitrogen and oxygen atoms in total. The number of nitrogens with zero attached hydrogens (tertiary/aromatic N) is 3.